The van der Waals surface area contributed by atoms with Crippen molar-refractivity contribution in [2.45, 2.75) is 38.7 Å². The molecule has 0 radical (unpaired) electrons. The van der Waals surface area contributed by atoms with E-state index in [2.05, 4.69) is 0 Å². The Morgan fingerprint density at radius 1 is 1.50 bits per heavy atom. The number of benzene rings is 1. The molecular formula is C15H16ClNO3. The third kappa shape index (κ3) is 3.05. The summed E-state index contributed by atoms with van der Waals surface area (Å²) < 4.78 is 5.82. The fourth-order valence-corrected chi connectivity index (χ4v) is 2.63. The van der Waals surface area contributed by atoms with Crippen LogP contribution in [0.2, 0.25) is 5.02 Å². The average Bonchev–Trinajstić information content (AvgIpc) is 2.42. The monoisotopic (exact) mass is 293 g/mol. The van der Waals surface area contributed by atoms with Gasteiger partial charge in [0.25, 0.3) is 0 Å². The molecular weight excluding hydrogens is 278 g/mol. The molecule has 106 valence electrons. The van der Waals surface area contributed by atoms with Crippen molar-refractivity contribution in [3.05, 3.63) is 28.8 Å². The van der Waals surface area contributed by atoms with Crippen LogP contribution in [0.5, 0.6) is 5.75 Å². The molecule has 0 aromatic heterocycles. The van der Waals surface area contributed by atoms with Gasteiger partial charge in [-0.2, -0.15) is 5.26 Å². The van der Waals surface area contributed by atoms with Crippen LogP contribution in [0.25, 0.3) is 0 Å². The summed E-state index contributed by atoms with van der Waals surface area (Å²) >= 11 is 5.95. The summed E-state index contributed by atoms with van der Waals surface area (Å²) in [6.07, 6.45) is 2.64. The first-order valence-corrected chi connectivity index (χ1v) is 6.92. The fraction of sp³-hybridized carbons (Fsp3) is 0.467. The van der Waals surface area contributed by atoms with Crippen LogP contribution in [0.3, 0.4) is 0 Å². The Hall–Kier alpha value is -1.73. The van der Waals surface area contributed by atoms with Crippen LogP contribution in [0, 0.1) is 16.7 Å². The van der Waals surface area contributed by atoms with E-state index in [1.54, 1.807) is 25.1 Å². The third-order valence-electron chi connectivity index (χ3n) is 3.92. The molecule has 0 bridgehead atoms. The zero-order chi connectivity index (χ0) is 14.8. The van der Waals surface area contributed by atoms with E-state index >= 15 is 0 Å². The van der Waals surface area contributed by atoms with E-state index in [0.29, 0.717) is 42.0 Å². The van der Waals surface area contributed by atoms with Gasteiger partial charge >= 0.3 is 5.97 Å². The Labute approximate surface area is 122 Å². The van der Waals surface area contributed by atoms with Crippen molar-refractivity contribution in [3.63, 3.8) is 0 Å². The lowest BCUT2D eigenvalue weighted by molar-refractivity contribution is -0.150. The largest absolute Gasteiger partial charge is 0.490 e. The van der Waals surface area contributed by atoms with Crippen LogP contribution in [-0.2, 0) is 4.79 Å². The van der Waals surface area contributed by atoms with E-state index in [-0.39, 0.29) is 6.10 Å². The van der Waals surface area contributed by atoms with Crippen molar-refractivity contribution in [3.8, 4) is 11.8 Å². The topological polar surface area (TPSA) is 70.3 Å². The van der Waals surface area contributed by atoms with Crippen molar-refractivity contribution in [2.75, 3.05) is 0 Å². The minimum atomic E-state index is -0.739. The molecule has 0 heterocycles. The molecule has 0 amide bonds. The van der Waals surface area contributed by atoms with E-state index in [1.807, 2.05) is 6.07 Å². The van der Waals surface area contributed by atoms with Gasteiger partial charge in [-0.15, -0.1) is 0 Å². The second kappa shape index (κ2) is 5.72. The van der Waals surface area contributed by atoms with E-state index < -0.39 is 11.4 Å². The van der Waals surface area contributed by atoms with Gasteiger partial charge in [0.1, 0.15) is 11.8 Å². The Morgan fingerprint density at radius 3 is 2.65 bits per heavy atom. The molecule has 1 N–H and O–H groups in total. The van der Waals surface area contributed by atoms with E-state index in [9.17, 15) is 9.90 Å². The zero-order valence-electron chi connectivity index (χ0n) is 11.2. The first-order chi connectivity index (χ1) is 9.44. The quantitative estimate of drug-likeness (QED) is 0.924. The lowest BCUT2D eigenvalue weighted by Crippen LogP contribution is -2.36. The zero-order valence-corrected chi connectivity index (χ0v) is 12.0. The van der Waals surface area contributed by atoms with Gasteiger partial charge in [0.05, 0.1) is 22.1 Å². The molecule has 1 aliphatic carbocycles. The smallest absolute Gasteiger partial charge is 0.309 e. The number of halogens is 1. The van der Waals surface area contributed by atoms with E-state index in [0.717, 1.165) is 0 Å². The van der Waals surface area contributed by atoms with E-state index in [4.69, 9.17) is 21.6 Å². The number of carboxylic acid groups (broad SMARTS) is 1. The van der Waals surface area contributed by atoms with Gasteiger partial charge in [0.2, 0.25) is 0 Å². The number of nitrogens with zero attached hydrogens (tertiary/aromatic N) is 1. The van der Waals surface area contributed by atoms with Crippen molar-refractivity contribution in [2.24, 2.45) is 5.41 Å². The molecule has 0 unspecified atom stereocenters. The predicted molar refractivity (Wildman–Crippen MR) is 74.8 cm³/mol. The van der Waals surface area contributed by atoms with Gasteiger partial charge in [0, 0.05) is 6.07 Å². The molecule has 1 saturated carbocycles. The lowest BCUT2D eigenvalue weighted by atomic mass is 9.75. The molecule has 1 aromatic rings. The highest BCUT2D eigenvalue weighted by Crippen LogP contribution is 2.37. The highest BCUT2D eigenvalue weighted by Gasteiger charge is 2.38. The summed E-state index contributed by atoms with van der Waals surface area (Å²) in [4.78, 5) is 11.2. The molecule has 1 aromatic carbocycles. The van der Waals surface area contributed by atoms with Crippen LogP contribution < -0.4 is 4.74 Å². The first-order valence-electron chi connectivity index (χ1n) is 6.54. The van der Waals surface area contributed by atoms with Gasteiger partial charge in [0.15, 0.2) is 0 Å². The van der Waals surface area contributed by atoms with Crippen LogP contribution >= 0.6 is 11.6 Å². The maximum absolute atomic E-state index is 11.2. The van der Waals surface area contributed by atoms with Gasteiger partial charge in [-0.25, -0.2) is 0 Å². The number of ether oxygens (including phenoxy) is 1. The lowest BCUT2D eigenvalue weighted by Gasteiger charge is -2.33. The van der Waals surface area contributed by atoms with E-state index in [1.165, 1.54) is 0 Å². The Morgan fingerprint density at radius 2 is 2.15 bits per heavy atom. The molecule has 1 fully saturated rings. The summed E-state index contributed by atoms with van der Waals surface area (Å²) in [5, 5.41) is 18.4. The maximum atomic E-state index is 11.2. The molecule has 0 saturated heterocycles. The van der Waals surface area contributed by atoms with Crippen LogP contribution in [0.4, 0.5) is 0 Å². The molecule has 2 rings (SSSR count). The standard InChI is InChI=1S/C15H16ClNO3/c1-15(14(18)19)6-4-11(5-7-15)20-12-3-2-10(9-17)13(16)8-12/h2-3,8,11H,4-7H2,1H3,(H,18,19)/t11-,15-. The van der Waals surface area contributed by atoms with Crippen molar-refractivity contribution >= 4 is 17.6 Å². The van der Waals surface area contributed by atoms with Crippen molar-refractivity contribution in [1.29, 1.82) is 5.26 Å². The van der Waals surface area contributed by atoms with Crippen LogP contribution in [0.15, 0.2) is 18.2 Å². The number of carbonyl (C=O) groups is 1. The van der Waals surface area contributed by atoms with Crippen LogP contribution in [0.1, 0.15) is 38.2 Å². The van der Waals surface area contributed by atoms with Gasteiger partial charge in [-0.3, -0.25) is 4.79 Å². The second-order valence-corrected chi connectivity index (χ2v) is 5.84. The minimum Gasteiger partial charge on any atom is -0.490 e. The molecule has 0 aliphatic heterocycles. The summed E-state index contributed by atoms with van der Waals surface area (Å²) in [5.74, 6) is -0.115. The van der Waals surface area contributed by atoms with Gasteiger partial charge in [-0.1, -0.05) is 11.6 Å². The Kier molecular flexibility index (Phi) is 4.20. The maximum Gasteiger partial charge on any atom is 0.309 e. The fourth-order valence-electron chi connectivity index (χ4n) is 2.41. The summed E-state index contributed by atoms with van der Waals surface area (Å²) in [6, 6.07) is 6.97. The van der Waals surface area contributed by atoms with Gasteiger partial charge < -0.3 is 9.84 Å². The highest BCUT2D eigenvalue weighted by atomic mass is 35.5. The first kappa shape index (κ1) is 14.7. The van der Waals surface area contributed by atoms with Crippen molar-refractivity contribution in [1.82, 2.24) is 0 Å². The molecule has 4 nitrogen and oxygen atoms in total. The number of hydrogen-bond acceptors (Lipinski definition) is 3. The molecule has 5 heteroatoms. The summed E-state index contributed by atoms with van der Waals surface area (Å²) in [7, 11) is 0. The SMILES string of the molecule is C[C@]1(C(=O)O)CC[C@H](Oc2ccc(C#N)c(Cl)c2)CC1. The Balaban J connectivity index is 1.98. The normalized spacial score (nSPS) is 25.8. The number of aliphatic carboxylic acids is 1. The molecule has 0 spiro atoms. The molecule has 1 aliphatic rings. The van der Waals surface area contributed by atoms with Crippen LogP contribution in [-0.4, -0.2) is 17.2 Å². The third-order valence-corrected chi connectivity index (χ3v) is 4.23. The number of rotatable bonds is 3. The highest BCUT2D eigenvalue weighted by molar-refractivity contribution is 6.31. The Bertz CT molecular complexity index is 557. The average molecular weight is 294 g/mol. The summed E-state index contributed by atoms with van der Waals surface area (Å²) in [5.41, 5.74) is -0.219. The number of nitriles is 1. The number of hydrogen-bond donors (Lipinski definition) is 1. The summed E-state index contributed by atoms with van der Waals surface area (Å²) in [6.45, 7) is 1.78. The molecule has 20 heavy (non-hydrogen) atoms. The molecule has 0 atom stereocenters. The van der Waals surface area contributed by atoms with Crippen molar-refractivity contribution < 1.29 is 14.6 Å². The minimum absolute atomic E-state index is 0.00595. The second-order valence-electron chi connectivity index (χ2n) is 5.44. The number of carboxylic acids is 1. The van der Waals surface area contributed by atoms with Gasteiger partial charge in [-0.05, 0) is 44.7 Å². The predicted octanol–water partition coefficient (Wildman–Crippen LogP) is 3.62.